The second-order valence-electron chi connectivity index (χ2n) is 0.362. The fraction of sp³-hybridized carbons (Fsp3) is 0.500. The van der Waals surface area contributed by atoms with Crippen molar-refractivity contribution in [1.29, 1.82) is 5.26 Å². The van der Waals surface area contributed by atoms with Gasteiger partial charge in [-0.1, -0.05) is 0 Å². The summed E-state index contributed by atoms with van der Waals surface area (Å²) in [6, 6.07) is 0. The molecule has 0 aliphatic rings. The Kier molecular flexibility index (Phi) is 3.06. The SMILES string of the molecule is [CH3][Ge][C]#N. The third-order valence-corrected chi connectivity index (χ3v) is 0.581. The zero-order valence-corrected chi connectivity index (χ0v) is 4.55. The fourth-order valence-electron chi connectivity index (χ4n) is 0. The topological polar surface area (TPSA) is 23.8 Å². The van der Waals surface area contributed by atoms with Gasteiger partial charge in [0.2, 0.25) is 0 Å². The van der Waals surface area contributed by atoms with Gasteiger partial charge in [-0.25, -0.2) is 0 Å². The molecule has 2 heteroatoms. The number of hydrogen-bond acceptors (Lipinski definition) is 1. The van der Waals surface area contributed by atoms with E-state index in [1.807, 2.05) is 5.76 Å². The monoisotopic (exact) mass is 115 g/mol. The minimum absolute atomic E-state index is 0.181. The molecule has 0 aromatic rings. The van der Waals surface area contributed by atoms with Gasteiger partial charge in [0.25, 0.3) is 0 Å². The van der Waals surface area contributed by atoms with Gasteiger partial charge in [0.15, 0.2) is 0 Å². The molecule has 0 bridgehead atoms. The molecule has 0 aromatic heterocycles. The van der Waals surface area contributed by atoms with E-state index in [-0.39, 0.29) is 15.4 Å². The van der Waals surface area contributed by atoms with Crippen LogP contribution in [0.15, 0.2) is 0 Å². The van der Waals surface area contributed by atoms with Gasteiger partial charge < -0.3 is 0 Å². The Balaban J connectivity index is 2.43. The van der Waals surface area contributed by atoms with Crippen molar-refractivity contribution in [3.05, 3.63) is 0 Å². The van der Waals surface area contributed by atoms with E-state index in [4.69, 9.17) is 5.26 Å². The van der Waals surface area contributed by atoms with Crippen LogP contribution in [0.1, 0.15) is 0 Å². The van der Waals surface area contributed by atoms with E-state index < -0.39 is 0 Å². The van der Waals surface area contributed by atoms with Crippen molar-refractivity contribution in [3.8, 4) is 4.90 Å². The summed E-state index contributed by atoms with van der Waals surface area (Å²) in [5.41, 5.74) is 0. The number of nitriles is 1. The molecule has 0 heterocycles. The molecule has 0 aliphatic heterocycles. The number of hydrogen-bond donors (Lipinski definition) is 0. The third kappa shape index (κ3) is 2.03. The summed E-state index contributed by atoms with van der Waals surface area (Å²) in [6.07, 6.45) is 0. The van der Waals surface area contributed by atoms with Gasteiger partial charge >= 0.3 is 31.4 Å². The van der Waals surface area contributed by atoms with E-state index >= 15 is 0 Å². The molecule has 0 aliphatic carbocycles. The molecule has 0 spiro atoms. The van der Waals surface area contributed by atoms with Gasteiger partial charge in [0.1, 0.15) is 0 Å². The first-order valence-corrected chi connectivity index (χ1v) is 4.12. The van der Waals surface area contributed by atoms with Gasteiger partial charge in [0.05, 0.1) is 0 Å². The normalized spacial score (nSPS) is 5.00. The van der Waals surface area contributed by atoms with Crippen LogP contribution < -0.4 is 0 Å². The van der Waals surface area contributed by atoms with Crippen molar-refractivity contribution in [2.24, 2.45) is 0 Å². The van der Waals surface area contributed by atoms with Crippen LogP contribution in [-0.2, 0) is 0 Å². The molecule has 0 rings (SSSR count). The first-order chi connectivity index (χ1) is 1.91. The Morgan fingerprint density at radius 3 is 2.25 bits per heavy atom. The van der Waals surface area contributed by atoms with E-state index in [0.717, 1.165) is 0 Å². The van der Waals surface area contributed by atoms with E-state index in [1.165, 1.54) is 0 Å². The van der Waals surface area contributed by atoms with Crippen LogP contribution in [0.25, 0.3) is 0 Å². The summed E-state index contributed by atoms with van der Waals surface area (Å²) in [4.78, 5) is 2.06. The van der Waals surface area contributed by atoms with Crippen LogP contribution in [0.4, 0.5) is 0 Å². The Labute approximate surface area is 32.1 Å². The van der Waals surface area contributed by atoms with Gasteiger partial charge in [-0.05, 0) is 0 Å². The predicted octanol–water partition coefficient (Wildman–Crippen LogP) is 0.220. The van der Waals surface area contributed by atoms with E-state index in [2.05, 4.69) is 4.90 Å². The summed E-state index contributed by atoms with van der Waals surface area (Å²) in [7, 11) is 0. The molecular formula is C2H3GeN. The maximum atomic E-state index is 7.68. The molecule has 0 aromatic carbocycles. The van der Waals surface area contributed by atoms with Crippen LogP contribution in [0.2, 0.25) is 5.76 Å². The number of rotatable bonds is 0. The van der Waals surface area contributed by atoms with Crippen LogP contribution >= 0.6 is 0 Å². The second-order valence-corrected chi connectivity index (χ2v) is 1.88. The zero-order valence-electron chi connectivity index (χ0n) is 2.45. The molecule has 0 amide bonds. The molecule has 0 unspecified atom stereocenters. The minimum atomic E-state index is -0.181. The predicted molar refractivity (Wildman–Crippen MR) is 17.2 cm³/mol. The Morgan fingerprint density at radius 1 is 2.00 bits per heavy atom. The molecule has 4 heavy (non-hydrogen) atoms. The molecule has 0 saturated carbocycles. The van der Waals surface area contributed by atoms with Gasteiger partial charge in [-0.15, -0.1) is 0 Å². The third-order valence-electron chi connectivity index (χ3n) is 0.112. The quantitative estimate of drug-likeness (QED) is 0.413. The van der Waals surface area contributed by atoms with Crippen LogP contribution in [0.5, 0.6) is 0 Å². The van der Waals surface area contributed by atoms with E-state index in [1.54, 1.807) is 0 Å². The first-order valence-electron chi connectivity index (χ1n) is 0.974. The molecule has 20 valence electrons. The summed E-state index contributed by atoms with van der Waals surface area (Å²) < 4.78 is 0. The molecule has 0 saturated heterocycles. The van der Waals surface area contributed by atoms with E-state index in [9.17, 15) is 0 Å². The van der Waals surface area contributed by atoms with Gasteiger partial charge in [-0.3, -0.25) is 0 Å². The molecule has 2 radical (unpaired) electrons. The first kappa shape index (κ1) is 4.03. The zero-order chi connectivity index (χ0) is 3.41. The average Bonchev–Trinajstić information content (AvgIpc) is 1.37. The van der Waals surface area contributed by atoms with Crippen LogP contribution in [0.3, 0.4) is 0 Å². The molecule has 0 atom stereocenters. The molecule has 0 N–H and O–H groups in total. The maximum absolute atomic E-state index is 7.68. The Morgan fingerprint density at radius 2 is 2.25 bits per heavy atom. The molecular weight excluding hydrogens is 111 g/mol. The summed E-state index contributed by atoms with van der Waals surface area (Å²) in [6.45, 7) is 0. The van der Waals surface area contributed by atoms with Crippen molar-refractivity contribution >= 4 is 15.4 Å². The van der Waals surface area contributed by atoms with Crippen molar-refractivity contribution in [2.45, 2.75) is 5.76 Å². The summed E-state index contributed by atoms with van der Waals surface area (Å²) >= 11 is -0.181. The fourth-order valence-corrected chi connectivity index (χ4v) is 0. The van der Waals surface area contributed by atoms with Crippen LogP contribution in [0, 0.1) is 10.2 Å². The van der Waals surface area contributed by atoms with Gasteiger partial charge in [0, 0.05) is 0 Å². The molecule has 1 nitrogen and oxygen atoms in total. The average molecular weight is 114 g/mol. The Bertz CT molecular complexity index is 35.8. The number of nitrogens with zero attached hydrogens (tertiary/aromatic N) is 1. The molecule has 0 fully saturated rings. The van der Waals surface area contributed by atoms with Crippen LogP contribution in [-0.4, -0.2) is 15.4 Å². The second kappa shape index (κ2) is 3.03. The van der Waals surface area contributed by atoms with Crippen molar-refractivity contribution in [1.82, 2.24) is 0 Å². The standard InChI is InChI=1S/C2H3GeN/c1-3-2-4/h1H3. The van der Waals surface area contributed by atoms with E-state index in [0.29, 0.717) is 0 Å². The summed E-state index contributed by atoms with van der Waals surface area (Å²) in [5, 5.41) is 7.68. The van der Waals surface area contributed by atoms with Gasteiger partial charge in [-0.2, -0.15) is 0 Å². The van der Waals surface area contributed by atoms with Crippen molar-refractivity contribution < 1.29 is 0 Å². The van der Waals surface area contributed by atoms with Crippen molar-refractivity contribution in [2.75, 3.05) is 0 Å². The Hall–Kier alpha value is 0.0329. The summed E-state index contributed by atoms with van der Waals surface area (Å²) in [5.74, 6) is 1.94. The van der Waals surface area contributed by atoms with Crippen molar-refractivity contribution in [3.63, 3.8) is 0 Å².